The van der Waals surface area contributed by atoms with E-state index in [-0.39, 0.29) is 6.61 Å². The Bertz CT molecular complexity index is 312. The summed E-state index contributed by atoms with van der Waals surface area (Å²) in [5.74, 6) is 0.821. The fourth-order valence-corrected chi connectivity index (χ4v) is 1.17. The summed E-state index contributed by atoms with van der Waals surface area (Å²) < 4.78 is 0. The van der Waals surface area contributed by atoms with E-state index in [1.165, 1.54) is 0 Å². The monoisotopic (exact) mass is 195 g/mol. The van der Waals surface area contributed by atoms with Gasteiger partial charge in [-0.15, -0.1) is 0 Å². The van der Waals surface area contributed by atoms with Crippen molar-refractivity contribution in [3.63, 3.8) is 0 Å². The summed E-state index contributed by atoms with van der Waals surface area (Å²) in [5.41, 5.74) is 2.82. The lowest BCUT2D eigenvalue weighted by Crippen LogP contribution is -2.09. The summed E-state index contributed by atoms with van der Waals surface area (Å²) in [6.45, 7) is 6.76. The molecule has 0 saturated heterocycles. The highest BCUT2D eigenvalue weighted by molar-refractivity contribution is 5.40. The average Bonchev–Trinajstić information content (AvgIpc) is 2.14. The van der Waals surface area contributed by atoms with Gasteiger partial charge in [0.15, 0.2) is 0 Å². The molecule has 0 radical (unpaired) electrons. The third-order valence-electron chi connectivity index (χ3n) is 2.11. The van der Waals surface area contributed by atoms with Gasteiger partial charge in [-0.2, -0.15) is 0 Å². The van der Waals surface area contributed by atoms with Crippen LogP contribution in [0.25, 0.3) is 0 Å². The van der Waals surface area contributed by atoms with Crippen LogP contribution in [0.4, 0.5) is 5.82 Å². The molecule has 0 aliphatic carbocycles. The Morgan fingerprint density at radius 3 is 2.36 bits per heavy atom. The van der Waals surface area contributed by atoms with Crippen LogP contribution >= 0.6 is 0 Å². The summed E-state index contributed by atoms with van der Waals surface area (Å²) in [7, 11) is 0. The quantitative estimate of drug-likeness (QED) is 0.709. The number of aryl methyl sites for hydroxylation is 3. The number of aliphatic hydroxyl groups excluding tert-OH is 1. The van der Waals surface area contributed by atoms with Crippen LogP contribution in [-0.2, 0) is 0 Å². The average molecular weight is 195 g/mol. The molecule has 0 bridgehead atoms. The van der Waals surface area contributed by atoms with E-state index in [9.17, 15) is 0 Å². The topological polar surface area (TPSA) is 58.0 Å². The normalized spacial score (nSPS) is 10.3. The lowest BCUT2D eigenvalue weighted by atomic mass is 10.3. The molecule has 78 valence electrons. The van der Waals surface area contributed by atoms with Crippen molar-refractivity contribution in [1.29, 1.82) is 0 Å². The molecule has 1 heterocycles. The minimum Gasteiger partial charge on any atom is -0.396 e. The second-order valence-corrected chi connectivity index (χ2v) is 3.33. The molecule has 0 unspecified atom stereocenters. The Kier molecular flexibility index (Phi) is 3.83. The molecule has 0 fully saturated rings. The zero-order valence-corrected chi connectivity index (χ0v) is 8.96. The largest absolute Gasteiger partial charge is 0.396 e. The van der Waals surface area contributed by atoms with E-state index in [0.717, 1.165) is 35.9 Å². The van der Waals surface area contributed by atoms with Crippen molar-refractivity contribution in [2.24, 2.45) is 0 Å². The maximum atomic E-state index is 8.64. The molecule has 1 aromatic heterocycles. The van der Waals surface area contributed by atoms with E-state index in [0.29, 0.717) is 0 Å². The third-order valence-corrected chi connectivity index (χ3v) is 2.11. The Morgan fingerprint density at radius 2 is 1.71 bits per heavy atom. The van der Waals surface area contributed by atoms with E-state index in [2.05, 4.69) is 15.3 Å². The fourth-order valence-electron chi connectivity index (χ4n) is 1.17. The van der Waals surface area contributed by atoms with Crippen molar-refractivity contribution < 1.29 is 5.11 Å². The SMILES string of the molecule is Cc1nc(C)c(NCCCO)nc1C. The molecule has 4 heteroatoms. The lowest BCUT2D eigenvalue weighted by Gasteiger charge is -2.09. The standard InChI is InChI=1S/C10H17N3O/c1-7-8(2)13-10(9(3)12-7)11-5-4-6-14/h14H,4-6H2,1-3H3,(H,11,13). The van der Waals surface area contributed by atoms with Gasteiger partial charge >= 0.3 is 0 Å². The minimum absolute atomic E-state index is 0.199. The van der Waals surface area contributed by atoms with Gasteiger partial charge in [-0.3, -0.25) is 4.98 Å². The van der Waals surface area contributed by atoms with Gasteiger partial charge < -0.3 is 10.4 Å². The Hall–Kier alpha value is -1.16. The molecular weight excluding hydrogens is 178 g/mol. The number of anilines is 1. The molecule has 0 aromatic carbocycles. The molecule has 1 aromatic rings. The third kappa shape index (κ3) is 2.67. The van der Waals surface area contributed by atoms with Crippen molar-refractivity contribution in [2.45, 2.75) is 27.2 Å². The van der Waals surface area contributed by atoms with E-state index in [4.69, 9.17) is 5.11 Å². The van der Waals surface area contributed by atoms with Gasteiger partial charge in [-0.25, -0.2) is 4.98 Å². The summed E-state index contributed by atoms with van der Waals surface area (Å²) in [4.78, 5) is 8.75. The van der Waals surface area contributed by atoms with Crippen LogP contribution < -0.4 is 5.32 Å². The van der Waals surface area contributed by atoms with Crippen LogP contribution in [0.3, 0.4) is 0 Å². The number of hydrogen-bond donors (Lipinski definition) is 2. The number of aliphatic hydroxyl groups is 1. The summed E-state index contributed by atoms with van der Waals surface area (Å²) in [6.07, 6.45) is 0.730. The van der Waals surface area contributed by atoms with Crippen LogP contribution in [0.15, 0.2) is 0 Å². The molecule has 0 aliphatic rings. The van der Waals surface area contributed by atoms with Gasteiger partial charge in [0.25, 0.3) is 0 Å². The minimum atomic E-state index is 0.199. The first-order valence-corrected chi connectivity index (χ1v) is 4.81. The van der Waals surface area contributed by atoms with E-state index in [1.54, 1.807) is 0 Å². The maximum Gasteiger partial charge on any atom is 0.147 e. The van der Waals surface area contributed by atoms with Crippen molar-refractivity contribution in [2.75, 3.05) is 18.5 Å². The van der Waals surface area contributed by atoms with Crippen LogP contribution in [0.2, 0.25) is 0 Å². The summed E-state index contributed by atoms with van der Waals surface area (Å²) in [5, 5.41) is 11.8. The molecule has 0 amide bonds. The smallest absolute Gasteiger partial charge is 0.147 e. The van der Waals surface area contributed by atoms with Gasteiger partial charge in [-0.1, -0.05) is 0 Å². The molecule has 4 nitrogen and oxygen atoms in total. The van der Waals surface area contributed by atoms with E-state index < -0.39 is 0 Å². The predicted molar refractivity (Wildman–Crippen MR) is 56.4 cm³/mol. The molecule has 1 rings (SSSR count). The highest BCUT2D eigenvalue weighted by atomic mass is 16.3. The molecule has 0 saturated carbocycles. The maximum absolute atomic E-state index is 8.64. The fraction of sp³-hybridized carbons (Fsp3) is 0.600. The van der Waals surface area contributed by atoms with Crippen LogP contribution in [0.5, 0.6) is 0 Å². The zero-order chi connectivity index (χ0) is 10.6. The first-order chi connectivity index (χ1) is 6.65. The highest BCUT2D eigenvalue weighted by Gasteiger charge is 2.03. The molecule has 0 aliphatic heterocycles. The molecule has 2 N–H and O–H groups in total. The second kappa shape index (κ2) is 4.91. The lowest BCUT2D eigenvalue weighted by molar-refractivity contribution is 0.292. The molecular formula is C10H17N3O. The Balaban J connectivity index is 2.72. The Morgan fingerprint density at radius 1 is 1.07 bits per heavy atom. The van der Waals surface area contributed by atoms with Gasteiger partial charge in [0.2, 0.25) is 0 Å². The molecule has 0 atom stereocenters. The first kappa shape index (κ1) is 10.9. The number of nitrogens with zero attached hydrogens (tertiary/aromatic N) is 2. The first-order valence-electron chi connectivity index (χ1n) is 4.81. The van der Waals surface area contributed by atoms with E-state index in [1.807, 2.05) is 20.8 Å². The van der Waals surface area contributed by atoms with Crippen molar-refractivity contribution in [1.82, 2.24) is 9.97 Å². The predicted octanol–water partition coefficient (Wildman–Crippen LogP) is 1.20. The molecule has 14 heavy (non-hydrogen) atoms. The van der Waals surface area contributed by atoms with Crippen LogP contribution in [0.1, 0.15) is 23.5 Å². The summed E-state index contributed by atoms with van der Waals surface area (Å²) in [6, 6.07) is 0. The molecule has 0 spiro atoms. The summed E-state index contributed by atoms with van der Waals surface area (Å²) >= 11 is 0. The number of nitrogens with one attached hydrogen (secondary N) is 1. The Labute approximate surface area is 84.4 Å². The number of hydrogen-bond acceptors (Lipinski definition) is 4. The van der Waals surface area contributed by atoms with E-state index >= 15 is 0 Å². The van der Waals surface area contributed by atoms with Crippen LogP contribution in [0, 0.1) is 20.8 Å². The van der Waals surface area contributed by atoms with Crippen LogP contribution in [-0.4, -0.2) is 28.2 Å². The second-order valence-electron chi connectivity index (χ2n) is 3.33. The van der Waals surface area contributed by atoms with Gasteiger partial charge in [0.05, 0.1) is 17.1 Å². The van der Waals surface area contributed by atoms with Crippen molar-refractivity contribution in [3.05, 3.63) is 17.1 Å². The number of rotatable bonds is 4. The van der Waals surface area contributed by atoms with Gasteiger partial charge in [0.1, 0.15) is 5.82 Å². The highest BCUT2D eigenvalue weighted by Crippen LogP contribution is 2.11. The van der Waals surface area contributed by atoms with Crippen molar-refractivity contribution >= 4 is 5.82 Å². The zero-order valence-electron chi connectivity index (χ0n) is 8.96. The van der Waals surface area contributed by atoms with Gasteiger partial charge in [-0.05, 0) is 27.2 Å². The van der Waals surface area contributed by atoms with Gasteiger partial charge in [0, 0.05) is 13.2 Å². The van der Waals surface area contributed by atoms with Crippen molar-refractivity contribution in [3.8, 4) is 0 Å². The number of aromatic nitrogens is 2.